The summed E-state index contributed by atoms with van der Waals surface area (Å²) >= 11 is 0. The van der Waals surface area contributed by atoms with Crippen LogP contribution in [0, 0.1) is 11.7 Å². The maximum absolute atomic E-state index is 14.1. The summed E-state index contributed by atoms with van der Waals surface area (Å²) in [5, 5.41) is 5.16. The van der Waals surface area contributed by atoms with Crippen molar-refractivity contribution in [2.24, 2.45) is 5.92 Å². The maximum atomic E-state index is 14.1. The topological polar surface area (TPSA) is 78.5 Å². The standard InChI is InChI=1S/C22H24FN3O3/c1-15(27)24-18-9-10-19(23)20(13-18)25-22(29)17-8-5-11-26(14-17)21(28)12-16-6-3-2-4-7-16/h2-4,6-7,9-10,13,17H,5,8,11-12,14H2,1H3,(H,24,27)(H,25,29). The number of nitrogens with one attached hydrogen (secondary N) is 2. The number of likely N-dealkylation sites (tertiary alicyclic amines) is 1. The summed E-state index contributed by atoms with van der Waals surface area (Å²) in [7, 11) is 0. The summed E-state index contributed by atoms with van der Waals surface area (Å²) in [6.07, 6.45) is 1.64. The predicted molar refractivity (Wildman–Crippen MR) is 109 cm³/mol. The van der Waals surface area contributed by atoms with Crippen LogP contribution in [-0.2, 0) is 20.8 Å². The molecule has 0 spiro atoms. The highest BCUT2D eigenvalue weighted by Gasteiger charge is 2.28. The lowest BCUT2D eigenvalue weighted by molar-refractivity contribution is -0.134. The molecule has 0 saturated carbocycles. The van der Waals surface area contributed by atoms with E-state index >= 15 is 0 Å². The number of piperidine rings is 1. The molecule has 1 saturated heterocycles. The summed E-state index contributed by atoms with van der Waals surface area (Å²) in [5.74, 6) is -1.63. The van der Waals surface area contributed by atoms with Crippen LogP contribution < -0.4 is 10.6 Å². The summed E-state index contributed by atoms with van der Waals surface area (Å²) in [5.41, 5.74) is 1.34. The van der Waals surface area contributed by atoms with Crippen molar-refractivity contribution in [2.45, 2.75) is 26.2 Å². The van der Waals surface area contributed by atoms with Crippen molar-refractivity contribution in [1.29, 1.82) is 0 Å². The van der Waals surface area contributed by atoms with E-state index in [0.29, 0.717) is 38.0 Å². The van der Waals surface area contributed by atoms with Gasteiger partial charge in [0.2, 0.25) is 17.7 Å². The zero-order valence-corrected chi connectivity index (χ0v) is 16.3. The van der Waals surface area contributed by atoms with Crippen LogP contribution in [0.15, 0.2) is 48.5 Å². The van der Waals surface area contributed by atoms with E-state index in [9.17, 15) is 18.8 Å². The van der Waals surface area contributed by atoms with Gasteiger partial charge in [0, 0.05) is 25.7 Å². The third-order valence-corrected chi connectivity index (χ3v) is 4.89. The number of benzene rings is 2. The molecular weight excluding hydrogens is 373 g/mol. The third kappa shape index (κ3) is 5.63. The first-order chi connectivity index (χ1) is 13.9. The fourth-order valence-corrected chi connectivity index (χ4v) is 3.44. The number of carbonyl (C=O) groups is 3. The van der Waals surface area contributed by atoms with E-state index in [2.05, 4.69) is 10.6 Å². The quantitative estimate of drug-likeness (QED) is 0.813. The van der Waals surface area contributed by atoms with Gasteiger partial charge in [0.25, 0.3) is 0 Å². The first-order valence-electron chi connectivity index (χ1n) is 9.62. The number of amides is 3. The highest BCUT2D eigenvalue weighted by Crippen LogP contribution is 2.23. The van der Waals surface area contributed by atoms with Gasteiger partial charge in [0.15, 0.2) is 0 Å². The number of hydrogen-bond donors (Lipinski definition) is 2. The fraction of sp³-hybridized carbons (Fsp3) is 0.318. The lowest BCUT2D eigenvalue weighted by Crippen LogP contribution is -2.44. The Hall–Kier alpha value is -3.22. The molecule has 2 aromatic carbocycles. The Morgan fingerprint density at radius 3 is 2.59 bits per heavy atom. The highest BCUT2D eigenvalue weighted by molar-refractivity contribution is 5.95. The Morgan fingerprint density at radius 1 is 1.10 bits per heavy atom. The van der Waals surface area contributed by atoms with Crippen LogP contribution in [0.5, 0.6) is 0 Å². The minimum absolute atomic E-state index is 0.00832. The zero-order chi connectivity index (χ0) is 20.8. The van der Waals surface area contributed by atoms with Gasteiger partial charge in [-0.05, 0) is 36.6 Å². The molecule has 3 amide bonds. The summed E-state index contributed by atoms with van der Waals surface area (Å²) in [6, 6.07) is 13.5. The molecule has 1 unspecified atom stereocenters. The van der Waals surface area contributed by atoms with Crippen LogP contribution in [0.2, 0.25) is 0 Å². The van der Waals surface area contributed by atoms with Crippen molar-refractivity contribution in [3.05, 3.63) is 59.9 Å². The first kappa shape index (κ1) is 20.5. The average Bonchev–Trinajstić information content (AvgIpc) is 2.71. The second-order valence-corrected chi connectivity index (χ2v) is 7.21. The van der Waals surface area contributed by atoms with E-state index in [4.69, 9.17) is 0 Å². The molecule has 1 aliphatic heterocycles. The zero-order valence-electron chi connectivity index (χ0n) is 16.3. The molecule has 2 N–H and O–H groups in total. The van der Waals surface area contributed by atoms with E-state index in [1.807, 2.05) is 30.3 Å². The fourth-order valence-electron chi connectivity index (χ4n) is 3.44. The molecule has 1 aliphatic rings. The largest absolute Gasteiger partial charge is 0.342 e. The van der Waals surface area contributed by atoms with Gasteiger partial charge in [-0.2, -0.15) is 0 Å². The van der Waals surface area contributed by atoms with E-state index < -0.39 is 11.7 Å². The molecule has 29 heavy (non-hydrogen) atoms. The van der Waals surface area contributed by atoms with Gasteiger partial charge in [-0.3, -0.25) is 14.4 Å². The molecule has 2 aromatic rings. The van der Waals surface area contributed by atoms with Crippen LogP contribution in [0.4, 0.5) is 15.8 Å². The summed E-state index contributed by atoms with van der Waals surface area (Å²) in [6.45, 7) is 2.27. The van der Waals surface area contributed by atoms with E-state index in [1.54, 1.807) is 4.90 Å². The first-order valence-corrected chi connectivity index (χ1v) is 9.62. The van der Waals surface area contributed by atoms with Crippen molar-refractivity contribution in [3.63, 3.8) is 0 Å². The van der Waals surface area contributed by atoms with Crippen molar-refractivity contribution in [1.82, 2.24) is 4.90 Å². The van der Waals surface area contributed by atoms with Crippen LogP contribution in [-0.4, -0.2) is 35.7 Å². The van der Waals surface area contributed by atoms with Gasteiger partial charge in [-0.25, -0.2) is 4.39 Å². The maximum Gasteiger partial charge on any atom is 0.229 e. The predicted octanol–water partition coefficient (Wildman–Crippen LogP) is 3.20. The molecule has 1 heterocycles. The SMILES string of the molecule is CC(=O)Nc1ccc(F)c(NC(=O)C2CCCN(C(=O)Cc3ccccc3)C2)c1. The number of rotatable bonds is 5. The third-order valence-electron chi connectivity index (χ3n) is 4.89. The lowest BCUT2D eigenvalue weighted by atomic mass is 9.96. The molecule has 1 atom stereocenters. The van der Waals surface area contributed by atoms with Crippen molar-refractivity contribution < 1.29 is 18.8 Å². The average molecular weight is 397 g/mol. The molecule has 3 rings (SSSR count). The molecule has 7 heteroatoms. The minimum atomic E-state index is -0.583. The molecule has 0 bridgehead atoms. The van der Waals surface area contributed by atoms with Crippen molar-refractivity contribution in [2.75, 3.05) is 23.7 Å². The number of halogens is 1. The van der Waals surface area contributed by atoms with E-state index in [0.717, 1.165) is 5.56 Å². The second kappa shape index (κ2) is 9.32. The Labute approximate surface area is 169 Å². The smallest absolute Gasteiger partial charge is 0.229 e. The van der Waals surface area contributed by atoms with Crippen LogP contribution in [0.3, 0.4) is 0 Å². The second-order valence-electron chi connectivity index (χ2n) is 7.21. The van der Waals surface area contributed by atoms with E-state index in [1.165, 1.54) is 25.1 Å². The van der Waals surface area contributed by atoms with Crippen molar-refractivity contribution in [3.8, 4) is 0 Å². The number of carbonyl (C=O) groups excluding carboxylic acids is 3. The molecule has 1 fully saturated rings. The number of anilines is 2. The number of hydrogen-bond acceptors (Lipinski definition) is 3. The van der Waals surface area contributed by atoms with Gasteiger partial charge in [0.1, 0.15) is 5.82 Å². The summed E-state index contributed by atoms with van der Waals surface area (Å²) < 4.78 is 14.1. The van der Waals surface area contributed by atoms with Crippen molar-refractivity contribution >= 4 is 29.1 Å². The molecule has 0 aromatic heterocycles. The summed E-state index contributed by atoms with van der Waals surface area (Å²) in [4.78, 5) is 38.1. The van der Waals surface area contributed by atoms with Gasteiger partial charge in [-0.1, -0.05) is 30.3 Å². The van der Waals surface area contributed by atoms with Crippen LogP contribution in [0.1, 0.15) is 25.3 Å². The molecule has 6 nitrogen and oxygen atoms in total. The molecule has 152 valence electrons. The normalized spacial score (nSPS) is 16.2. The van der Waals surface area contributed by atoms with Gasteiger partial charge >= 0.3 is 0 Å². The number of nitrogens with zero attached hydrogens (tertiary/aromatic N) is 1. The van der Waals surface area contributed by atoms with Gasteiger partial charge < -0.3 is 15.5 Å². The Balaban J connectivity index is 1.62. The Kier molecular flexibility index (Phi) is 6.59. The Bertz CT molecular complexity index is 901. The van der Waals surface area contributed by atoms with E-state index in [-0.39, 0.29) is 23.4 Å². The minimum Gasteiger partial charge on any atom is -0.342 e. The molecule has 0 aliphatic carbocycles. The Morgan fingerprint density at radius 2 is 1.86 bits per heavy atom. The highest BCUT2D eigenvalue weighted by atomic mass is 19.1. The monoisotopic (exact) mass is 397 g/mol. The lowest BCUT2D eigenvalue weighted by Gasteiger charge is -2.32. The van der Waals surface area contributed by atoms with Crippen LogP contribution >= 0.6 is 0 Å². The molecule has 0 radical (unpaired) electrons. The molecular formula is C22H24FN3O3. The van der Waals surface area contributed by atoms with Crippen LogP contribution in [0.25, 0.3) is 0 Å². The van der Waals surface area contributed by atoms with Gasteiger partial charge in [-0.15, -0.1) is 0 Å². The van der Waals surface area contributed by atoms with Gasteiger partial charge in [0.05, 0.1) is 18.0 Å².